The molecule has 3 unspecified atom stereocenters. The Morgan fingerprint density at radius 2 is 1.86 bits per heavy atom. The molecule has 3 fully saturated rings. The first-order valence-electron chi connectivity index (χ1n) is 8.53. The number of carboxylic acids is 1. The summed E-state index contributed by atoms with van der Waals surface area (Å²) >= 11 is 0. The van der Waals surface area contributed by atoms with Crippen molar-refractivity contribution in [1.29, 1.82) is 0 Å². The molecule has 0 aromatic rings. The molecule has 0 aromatic heterocycles. The van der Waals surface area contributed by atoms with Crippen molar-refractivity contribution in [3.8, 4) is 0 Å². The smallest absolute Gasteiger partial charge is 0.311 e. The summed E-state index contributed by atoms with van der Waals surface area (Å²) < 4.78 is 0. The summed E-state index contributed by atoms with van der Waals surface area (Å²) in [6.07, 6.45) is 9.13. The molecular formula is C17H27NO3. The van der Waals surface area contributed by atoms with Gasteiger partial charge in [-0.2, -0.15) is 0 Å². The zero-order valence-corrected chi connectivity index (χ0v) is 13.0. The number of hydrogen-bond donors (Lipinski definition) is 1. The molecule has 1 saturated heterocycles. The Bertz CT molecular complexity index is 430. The van der Waals surface area contributed by atoms with Crippen LogP contribution in [0, 0.1) is 23.2 Å². The van der Waals surface area contributed by atoms with Crippen LogP contribution in [0.1, 0.15) is 58.3 Å². The van der Waals surface area contributed by atoms with E-state index in [0.29, 0.717) is 18.9 Å². The highest BCUT2D eigenvalue weighted by atomic mass is 16.4. The predicted octanol–water partition coefficient (Wildman–Crippen LogP) is 2.92. The maximum absolute atomic E-state index is 12.7. The van der Waals surface area contributed by atoms with E-state index in [9.17, 15) is 14.7 Å². The average molecular weight is 293 g/mol. The van der Waals surface area contributed by atoms with E-state index in [1.165, 1.54) is 32.1 Å². The largest absolute Gasteiger partial charge is 0.481 e. The Labute approximate surface area is 126 Å². The number of aliphatic carboxylic acids is 1. The molecule has 4 heteroatoms. The normalized spacial score (nSPS) is 37.3. The number of rotatable bonds is 3. The van der Waals surface area contributed by atoms with E-state index >= 15 is 0 Å². The van der Waals surface area contributed by atoms with Gasteiger partial charge in [0.1, 0.15) is 0 Å². The number of carboxylic acid groups (broad SMARTS) is 1. The highest BCUT2D eigenvalue weighted by Crippen LogP contribution is 2.50. The molecule has 3 rings (SSSR count). The zero-order valence-electron chi connectivity index (χ0n) is 13.0. The van der Waals surface area contributed by atoms with Crippen LogP contribution in [0.25, 0.3) is 0 Å². The van der Waals surface area contributed by atoms with Crippen molar-refractivity contribution in [1.82, 2.24) is 4.90 Å². The highest BCUT2D eigenvalue weighted by molar-refractivity contribution is 5.83. The molecule has 118 valence electrons. The maximum Gasteiger partial charge on any atom is 0.311 e. The van der Waals surface area contributed by atoms with E-state index in [4.69, 9.17) is 0 Å². The summed E-state index contributed by atoms with van der Waals surface area (Å²) in [4.78, 5) is 25.9. The summed E-state index contributed by atoms with van der Waals surface area (Å²) in [5.74, 6) is 1.01. The van der Waals surface area contributed by atoms with E-state index in [1.54, 1.807) is 6.92 Å². The van der Waals surface area contributed by atoms with Gasteiger partial charge in [-0.05, 0) is 38.0 Å². The molecule has 21 heavy (non-hydrogen) atoms. The van der Waals surface area contributed by atoms with Gasteiger partial charge in [-0.1, -0.05) is 32.1 Å². The molecular weight excluding hydrogens is 266 g/mol. The molecule has 1 N–H and O–H groups in total. The van der Waals surface area contributed by atoms with Gasteiger partial charge in [0.15, 0.2) is 0 Å². The molecule has 0 aromatic carbocycles. The second kappa shape index (κ2) is 5.62. The Morgan fingerprint density at radius 1 is 1.14 bits per heavy atom. The predicted molar refractivity (Wildman–Crippen MR) is 79.7 cm³/mol. The standard InChI is InChI=1S/C17H27NO3/c1-17(16(20)21)8-5-9-18(11-17)15(19)14-10-13(14)12-6-3-2-4-7-12/h12-14H,2-11H2,1H3,(H,20,21). The number of piperidine rings is 1. The summed E-state index contributed by atoms with van der Waals surface area (Å²) in [6.45, 7) is 2.92. The van der Waals surface area contributed by atoms with Gasteiger partial charge in [-0.25, -0.2) is 0 Å². The maximum atomic E-state index is 12.7. The molecule has 2 saturated carbocycles. The summed E-state index contributed by atoms with van der Waals surface area (Å²) in [5, 5.41) is 9.37. The van der Waals surface area contributed by atoms with Crippen molar-refractivity contribution in [2.45, 2.75) is 58.3 Å². The van der Waals surface area contributed by atoms with Gasteiger partial charge in [0, 0.05) is 19.0 Å². The number of amides is 1. The van der Waals surface area contributed by atoms with Gasteiger partial charge >= 0.3 is 5.97 Å². The summed E-state index contributed by atoms with van der Waals surface area (Å²) in [6, 6.07) is 0. The number of carbonyl (C=O) groups excluding carboxylic acids is 1. The third-order valence-corrected chi connectivity index (χ3v) is 5.94. The van der Waals surface area contributed by atoms with E-state index in [-0.39, 0.29) is 11.8 Å². The van der Waals surface area contributed by atoms with Crippen LogP contribution in [0.15, 0.2) is 0 Å². The lowest BCUT2D eigenvalue weighted by atomic mass is 9.81. The quantitative estimate of drug-likeness (QED) is 0.870. The minimum absolute atomic E-state index is 0.198. The van der Waals surface area contributed by atoms with Gasteiger partial charge in [0.2, 0.25) is 5.91 Å². The fourth-order valence-electron chi connectivity index (χ4n) is 4.42. The van der Waals surface area contributed by atoms with E-state index in [1.807, 2.05) is 4.90 Å². The molecule has 1 heterocycles. The average Bonchev–Trinajstić information content (AvgIpc) is 3.28. The van der Waals surface area contributed by atoms with Crippen LogP contribution in [-0.2, 0) is 9.59 Å². The highest BCUT2D eigenvalue weighted by Gasteiger charge is 2.50. The Hall–Kier alpha value is -1.06. The molecule has 1 amide bonds. The number of nitrogens with zero attached hydrogens (tertiary/aromatic N) is 1. The topological polar surface area (TPSA) is 57.6 Å². The second-order valence-electron chi connectivity index (χ2n) is 7.63. The van der Waals surface area contributed by atoms with Crippen LogP contribution in [0.3, 0.4) is 0 Å². The summed E-state index contributed by atoms with van der Waals surface area (Å²) in [7, 11) is 0. The van der Waals surface area contributed by atoms with Crippen molar-refractivity contribution in [2.24, 2.45) is 23.2 Å². The van der Waals surface area contributed by atoms with Gasteiger partial charge in [0.25, 0.3) is 0 Å². The van der Waals surface area contributed by atoms with E-state index in [0.717, 1.165) is 25.3 Å². The van der Waals surface area contributed by atoms with Crippen LogP contribution in [0.4, 0.5) is 0 Å². The molecule has 3 aliphatic rings. The van der Waals surface area contributed by atoms with E-state index < -0.39 is 11.4 Å². The Balaban J connectivity index is 1.57. The molecule has 0 bridgehead atoms. The van der Waals surface area contributed by atoms with Gasteiger partial charge < -0.3 is 10.0 Å². The van der Waals surface area contributed by atoms with Gasteiger partial charge in [-0.3, -0.25) is 9.59 Å². The minimum atomic E-state index is -0.764. The van der Waals surface area contributed by atoms with Crippen LogP contribution in [0.5, 0.6) is 0 Å². The first-order valence-corrected chi connectivity index (χ1v) is 8.53. The molecule has 4 nitrogen and oxygen atoms in total. The SMILES string of the molecule is CC1(C(=O)O)CCCN(C(=O)C2CC2C2CCCCC2)C1. The van der Waals surface area contributed by atoms with Crippen molar-refractivity contribution in [2.75, 3.05) is 13.1 Å². The summed E-state index contributed by atoms with van der Waals surface area (Å²) in [5.41, 5.74) is -0.747. The monoisotopic (exact) mass is 293 g/mol. The number of likely N-dealkylation sites (tertiary alicyclic amines) is 1. The van der Waals surface area contributed by atoms with Gasteiger partial charge in [-0.15, -0.1) is 0 Å². The van der Waals surface area contributed by atoms with Crippen molar-refractivity contribution < 1.29 is 14.7 Å². The Morgan fingerprint density at radius 3 is 2.52 bits per heavy atom. The van der Waals surface area contributed by atoms with Crippen LogP contribution >= 0.6 is 0 Å². The minimum Gasteiger partial charge on any atom is -0.481 e. The second-order valence-corrected chi connectivity index (χ2v) is 7.63. The van der Waals surface area contributed by atoms with Crippen LogP contribution in [0.2, 0.25) is 0 Å². The lowest BCUT2D eigenvalue weighted by Crippen LogP contribution is -2.49. The third-order valence-electron chi connectivity index (χ3n) is 5.94. The first kappa shape index (κ1) is 14.9. The van der Waals surface area contributed by atoms with Crippen LogP contribution in [-0.4, -0.2) is 35.0 Å². The fourth-order valence-corrected chi connectivity index (χ4v) is 4.42. The zero-order chi connectivity index (χ0) is 15.0. The lowest BCUT2D eigenvalue weighted by Gasteiger charge is -2.37. The molecule has 1 aliphatic heterocycles. The molecule has 3 atom stereocenters. The third kappa shape index (κ3) is 2.95. The molecule has 2 aliphatic carbocycles. The molecule has 0 radical (unpaired) electrons. The van der Waals surface area contributed by atoms with Crippen LogP contribution < -0.4 is 0 Å². The number of carbonyl (C=O) groups is 2. The Kier molecular flexibility index (Phi) is 3.98. The van der Waals surface area contributed by atoms with Gasteiger partial charge in [0.05, 0.1) is 5.41 Å². The van der Waals surface area contributed by atoms with Crippen molar-refractivity contribution >= 4 is 11.9 Å². The van der Waals surface area contributed by atoms with E-state index in [2.05, 4.69) is 0 Å². The molecule has 0 spiro atoms. The number of hydrogen-bond acceptors (Lipinski definition) is 2. The fraction of sp³-hybridized carbons (Fsp3) is 0.882. The van der Waals surface area contributed by atoms with Crippen molar-refractivity contribution in [3.63, 3.8) is 0 Å². The lowest BCUT2D eigenvalue weighted by molar-refractivity contribution is -0.153. The first-order chi connectivity index (χ1) is 10.0. The van der Waals surface area contributed by atoms with Crippen molar-refractivity contribution in [3.05, 3.63) is 0 Å².